The number of aliphatic hydroxyl groups excluding tert-OH is 1. The van der Waals surface area contributed by atoms with Crippen LogP contribution in [0.5, 0.6) is 0 Å². The van der Waals surface area contributed by atoms with Crippen LogP contribution in [-0.4, -0.2) is 65.8 Å². The van der Waals surface area contributed by atoms with Crippen LogP contribution in [0.15, 0.2) is 30.3 Å². The zero-order valence-corrected chi connectivity index (χ0v) is 13.3. The summed E-state index contributed by atoms with van der Waals surface area (Å²) in [4.78, 5) is 24.3. The number of nitrogens with zero attached hydrogens (tertiary/aromatic N) is 1. The third kappa shape index (κ3) is 3.60. The van der Waals surface area contributed by atoms with Gasteiger partial charge in [-0.05, 0) is 38.1 Å². The Morgan fingerprint density at radius 1 is 1.30 bits per heavy atom. The zero-order valence-electron chi connectivity index (χ0n) is 13.3. The van der Waals surface area contributed by atoms with Crippen molar-refractivity contribution < 1.29 is 24.5 Å². The molecule has 126 valence electrons. The largest absolute Gasteiger partial charge is 0.478 e. The second-order valence-corrected chi connectivity index (χ2v) is 5.92. The molecule has 2 N–H and O–H groups in total. The number of aromatic carboxylic acids is 1. The van der Waals surface area contributed by atoms with Gasteiger partial charge >= 0.3 is 5.97 Å². The summed E-state index contributed by atoms with van der Waals surface area (Å²) >= 11 is 0. The van der Waals surface area contributed by atoms with Gasteiger partial charge in [0.2, 0.25) is 0 Å². The van der Waals surface area contributed by atoms with Gasteiger partial charge in [-0.25, -0.2) is 4.79 Å². The van der Waals surface area contributed by atoms with Gasteiger partial charge in [-0.2, -0.15) is 0 Å². The van der Waals surface area contributed by atoms with Crippen molar-refractivity contribution in [1.29, 1.82) is 0 Å². The molecule has 0 spiro atoms. The van der Waals surface area contributed by atoms with E-state index in [-0.39, 0.29) is 18.3 Å². The first-order chi connectivity index (χ1) is 11.0. The minimum absolute atomic E-state index is 0.115. The van der Waals surface area contributed by atoms with E-state index in [4.69, 9.17) is 9.84 Å². The summed E-state index contributed by atoms with van der Waals surface area (Å²) in [6, 6.07) is 8.30. The van der Waals surface area contributed by atoms with E-state index in [0.29, 0.717) is 12.2 Å². The van der Waals surface area contributed by atoms with Gasteiger partial charge in [0.05, 0.1) is 18.8 Å². The summed E-state index contributed by atoms with van der Waals surface area (Å²) in [7, 11) is 1.58. The van der Waals surface area contributed by atoms with E-state index in [1.165, 1.54) is 0 Å². The molecule has 2 bridgehead atoms. The van der Waals surface area contributed by atoms with Crippen molar-refractivity contribution >= 4 is 11.8 Å². The van der Waals surface area contributed by atoms with Crippen LogP contribution in [0.4, 0.5) is 0 Å². The molecule has 0 saturated carbocycles. The van der Waals surface area contributed by atoms with Crippen molar-refractivity contribution in [2.75, 3.05) is 33.4 Å². The number of hydrogen-bond donors (Lipinski definition) is 2. The lowest BCUT2D eigenvalue weighted by molar-refractivity contribution is -0.158. The van der Waals surface area contributed by atoms with Crippen LogP contribution in [0, 0.1) is 5.92 Å². The molecule has 3 heterocycles. The quantitative estimate of drug-likeness (QED) is 0.862. The molecular weight excluding hydrogens is 298 g/mol. The molecule has 4 rings (SSSR count). The summed E-state index contributed by atoms with van der Waals surface area (Å²) in [6.45, 7) is 2.04. The number of rotatable bonds is 4. The van der Waals surface area contributed by atoms with Gasteiger partial charge in [0.1, 0.15) is 5.54 Å². The first kappa shape index (κ1) is 17.6. The van der Waals surface area contributed by atoms with Crippen LogP contribution in [0.2, 0.25) is 0 Å². The summed E-state index contributed by atoms with van der Waals surface area (Å²) < 4.78 is 5.08. The Labute approximate surface area is 135 Å². The van der Waals surface area contributed by atoms with Crippen LogP contribution >= 0.6 is 0 Å². The lowest BCUT2D eigenvalue weighted by Gasteiger charge is -2.51. The molecule has 1 aromatic rings. The molecule has 3 aliphatic rings. The predicted molar refractivity (Wildman–Crippen MR) is 84.4 cm³/mol. The van der Waals surface area contributed by atoms with E-state index in [2.05, 4.69) is 4.90 Å². The van der Waals surface area contributed by atoms with Crippen molar-refractivity contribution in [3.05, 3.63) is 35.9 Å². The number of Topliss-reactive ketones (excluding diaryl/α,β-unsaturated/α-hetero) is 1. The number of carboxylic acid groups (broad SMARTS) is 1. The molecule has 1 unspecified atom stereocenters. The van der Waals surface area contributed by atoms with E-state index >= 15 is 0 Å². The highest BCUT2D eigenvalue weighted by Crippen LogP contribution is 2.36. The number of benzene rings is 1. The Bertz CT molecular complexity index is 539. The number of ketones is 1. The Hall–Kier alpha value is -1.76. The third-order valence-electron chi connectivity index (χ3n) is 4.60. The predicted octanol–water partition coefficient (Wildman–Crippen LogP) is 1.04. The van der Waals surface area contributed by atoms with Gasteiger partial charge < -0.3 is 14.9 Å². The minimum atomic E-state index is -0.879. The van der Waals surface area contributed by atoms with Gasteiger partial charge in [-0.3, -0.25) is 9.69 Å². The molecule has 0 aromatic heterocycles. The summed E-state index contributed by atoms with van der Waals surface area (Å²) in [5, 5.41) is 17.8. The van der Waals surface area contributed by atoms with Gasteiger partial charge in [-0.1, -0.05) is 18.2 Å². The molecular formula is C17H23NO5. The molecule has 1 aromatic carbocycles. The average molecular weight is 321 g/mol. The van der Waals surface area contributed by atoms with E-state index in [9.17, 15) is 14.7 Å². The first-order valence-electron chi connectivity index (χ1n) is 7.72. The van der Waals surface area contributed by atoms with Crippen molar-refractivity contribution in [2.24, 2.45) is 5.92 Å². The van der Waals surface area contributed by atoms with Crippen molar-refractivity contribution in [3.8, 4) is 0 Å². The molecule has 0 amide bonds. The molecule has 3 aliphatic heterocycles. The van der Waals surface area contributed by atoms with Gasteiger partial charge in [-0.15, -0.1) is 0 Å². The Balaban J connectivity index is 0.000000185. The maximum atomic E-state index is 12.0. The van der Waals surface area contributed by atoms with E-state index < -0.39 is 11.5 Å². The number of carbonyl (C=O) groups excluding carboxylic acids is 1. The van der Waals surface area contributed by atoms with Crippen molar-refractivity contribution in [3.63, 3.8) is 0 Å². The minimum Gasteiger partial charge on any atom is -0.478 e. The first-order valence-corrected chi connectivity index (χ1v) is 7.72. The Kier molecular flexibility index (Phi) is 5.87. The molecule has 23 heavy (non-hydrogen) atoms. The van der Waals surface area contributed by atoms with E-state index in [1.807, 2.05) is 0 Å². The fourth-order valence-electron chi connectivity index (χ4n) is 3.31. The molecule has 3 saturated heterocycles. The van der Waals surface area contributed by atoms with E-state index in [0.717, 1.165) is 25.9 Å². The maximum absolute atomic E-state index is 12.0. The second kappa shape index (κ2) is 7.68. The molecule has 6 heteroatoms. The number of fused-ring (bicyclic) bond motifs is 3. The number of hydrogen-bond acceptors (Lipinski definition) is 5. The highest BCUT2D eigenvalue weighted by molar-refractivity contribution is 5.92. The maximum Gasteiger partial charge on any atom is 0.335 e. The van der Waals surface area contributed by atoms with Crippen molar-refractivity contribution in [2.45, 2.75) is 18.4 Å². The summed E-state index contributed by atoms with van der Waals surface area (Å²) in [5.74, 6) is -0.544. The molecule has 6 nitrogen and oxygen atoms in total. The van der Waals surface area contributed by atoms with Crippen LogP contribution in [0.1, 0.15) is 23.2 Å². The highest BCUT2D eigenvalue weighted by Gasteiger charge is 2.52. The SMILES string of the molecule is COCC1(CO)C(=O)C2CCN1CC2.O=C(O)c1ccccc1. The topological polar surface area (TPSA) is 87.1 Å². The Morgan fingerprint density at radius 3 is 2.30 bits per heavy atom. The smallest absolute Gasteiger partial charge is 0.335 e. The average Bonchev–Trinajstić information content (AvgIpc) is 2.60. The number of ether oxygens (including phenoxy) is 1. The molecule has 0 radical (unpaired) electrons. The molecule has 1 atom stereocenters. The summed E-state index contributed by atoms with van der Waals surface area (Å²) in [5.41, 5.74) is -0.395. The van der Waals surface area contributed by atoms with Gasteiger partial charge in [0.25, 0.3) is 0 Å². The highest BCUT2D eigenvalue weighted by atomic mass is 16.5. The molecule has 0 aliphatic carbocycles. The van der Waals surface area contributed by atoms with Crippen LogP contribution in [-0.2, 0) is 9.53 Å². The number of carbonyl (C=O) groups is 2. The fourth-order valence-corrected chi connectivity index (χ4v) is 3.31. The Morgan fingerprint density at radius 2 is 1.91 bits per heavy atom. The van der Waals surface area contributed by atoms with Crippen LogP contribution in [0.3, 0.4) is 0 Å². The van der Waals surface area contributed by atoms with Crippen LogP contribution < -0.4 is 0 Å². The van der Waals surface area contributed by atoms with E-state index in [1.54, 1.807) is 37.4 Å². The lowest BCUT2D eigenvalue weighted by atomic mass is 9.74. The number of piperidine rings is 3. The normalized spacial score (nSPS) is 28.9. The number of methoxy groups -OCH3 is 1. The number of carboxylic acids is 1. The van der Waals surface area contributed by atoms with Gasteiger partial charge in [0.15, 0.2) is 5.78 Å². The second-order valence-electron chi connectivity index (χ2n) is 5.92. The fraction of sp³-hybridized carbons (Fsp3) is 0.529. The third-order valence-corrected chi connectivity index (χ3v) is 4.60. The van der Waals surface area contributed by atoms with Crippen LogP contribution in [0.25, 0.3) is 0 Å². The number of aliphatic hydroxyl groups is 1. The van der Waals surface area contributed by atoms with Crippen molar-refractivity contribution in [1.82, 2.24) is 4.90 Å². The van der Waals surface area contributed by atoms with Gasteiger partial charge in [0, 0.05) is 13.0 Å². The zero-order chi connectivity index (χ0) is 16.9. The molecule has 3 fully saturated rings. The lowest BCUT2D eigenvalue weighted by Crippen LogP contribution is -2.68. The summed E-state index contributed by atoms with van der Waals surface area (Å²) in [6.07, 6.45) is 1.90. The standard InChI is InChI=1S/C10H17NO3.C7H6O2/c1-14-7-10(6-12)9(13)8-2-4-11(10)5-3-8;8-7(9)6-4-2-1-3-5-6/h8,12H,2-7H2,1H3;1-5H,(H,8,9). The monoisotopic (exact) mass is 321 g/mol.